The van der Waals surface area contributed by atoms with E-state index in [-0.39, 0.29) is 18.0 Å². The van der Waals surface area contributed by atoms with E-state index in [0.717, 1.165) is 6.42 Å². The van der Waals surface area contributed by atoms with Crippen molar-refractivity contribution in [1.29, 1.82) is 0 Å². The Labute approximate surface area is 137 Å². The molecule has 1 aromatic rings. The average Bonchev–Trinajstić information content (AvgIpc) is 2.92. The molecular formula is C16H19F3N2O3. The standard InChI is InChI=1S/C16H19F3N2O3/c17-16(18,19)15(12-5-2-1-3-6-12)24-11-13(22)20-8-10-21-9-4-7-14(21)23/h1-3,5-6,15H,4,7-11H2,(H,20,22)/t15-/m1/s1. The van der Waals surface area contributed by atoms with Crippen LogP contribution in [0.15, 0.2) is 30.3 Å². The SMILES string of the molecule is O=C(CO[C@H](c1ccccc1)C(F)(F)F)NCCN1CCCC1=O. The number of hydrogen-bond acceptors (Lipinski definition) is 3. The Bertz CT molecular complexity index is 563. The maximum atomic E-state index is 13.1. The molecule has 24 heavy (non-hydrogen) atoms. The molecule has 132 valence electrons. The molecule has 0 spiro atoms. The minimum Gasteiger partial charge on any atom is -0.354 e. The van der Waals surface area contributed by atoms with Gasteiger partial charge in [0.15, 0.2) is 6.10 Å². The lowest BCUT2D eigenvalue weighted by Crippen LogP contribution is -2.37. The molecule has 0 bridgehead atoms. The summed E-state index contributed by atoms with van der Waals surface area (Å²) in [6.45, 7) is 0.490. The van der Waals surface area contributed by atoms with Gasteiger partial charge in [0, 0.05) is 26.1 Å². The first-order valence-electron chi connectivity index (χ1n) is 7.65. The normalized spacial score (nSPS) is 16.3. The van der Waals surface area contributed by atoms with Gasteiger partial charge in [-0.05, 0) is 12.0 Å². The lowest BCUT2D eigenvalue weighted by molar-refractivity contribution is -0.223. The number of rotatable bonds is 7. The number of carbonyl (C=O) groups is 2. The van der Waals surface area contributed by atoms with Crippen LogP contribution >= 0.6 is 0 Å². The van der Waals surface area contributed by atoms with Crippen LogP contribution in [-0.2, 0) is 14.3 Å². The Balaban J connectivity index is 1.79. The number of nitrogens with zero attached hydrogens (tertiary/aromatic N) is 1. The zero-order chi connectivity index (χ0) is 17.6. The topological polar surface area (TPSA) is 58.6 Å². The predicted octanol–water partition coefficient (Wildman–Crippen LogP) is 2.05. The maximum Gasteiger partial charge on any atom is 0.418 e. The van der Waals surface area contributed by atoms with Crippen LogP contribution < -0.4 is 5.32 Å². The molecule has 1 aliphatic rings. The van der Waals surface area contributed by atoms with Crippen LogP contribution in [0, 0.1) is 0 Å². The van der Waals surface area contributed by atoms with Crippen LogP contribution in [0.1, 0.15) is 24.5 Å². The third-order valence-electron chi connectivity index (χ3n) is 3.66. The van der Waals surface area contributed by atoms with Gasteiger partial charge in [0.1, 0.15) is 6.61 Å². The van der Waals surface area contributed by atoms with E-state index >= 15 is 0 Å². The van der Waals surface area contributed by atoms with Crippen molar-refractivity contribution < 1.29 is 27.5 Å². The van der Waals surface area contributed by atoms with Gasteiger partial charge in [-0.3, -0.25) is 9.59 Å². The second-order valence-electron chi connectivity index (χ2n) is 5.48. The molecule has 8 heteroatoms. The van der Waals surface area contributed by atoms with E-state index in [0.29, 0.717) is 19.5 Å². The molecule has 1 N–H and O–H groups in total. The van der Waals surface area contributed by atoms with Crippen molar-refractivity contribution in [3.63, 3.8) is 0 Å². The predicted molar refractivity (Wildman–Crippen MR) is 80.0 cm³/mol. The van der Waals surface area contributed by atoms with Gasteiger partial charge >= 0.3 is 6.18 Å². The van der Waals surface area contributed by atoms with Crippen molar-refractivity contribution in [2.75, 3.05) is 26.2 Å². The highest BCUT2D eigenvalue weighted by Crippen LogP contribution is 2.35. The summed E-state index contributed by atoms with van der Waals surface area (Å²) in [6, 6.07) is 7.16. The van der Waals surface area contributed by atoms with E-state index < -0.39 is 24.8 Å². The summed E-state index contributed by atoms with van der Waals surface area (Å²) < 4.78 is 43.9. The smallest absolute Gasteiger partial charge is 0.354 e. The van der Waals surface area contributed by atoms with E-state index in [1.807, 2.05) is 0 Å². The van der Waals surface area contributed by atoms with Crippen LogP contribution in [-0.4, -0.2) is 49.1 Å². The summed E-state index contributed by atoms with van der Waals surface area (Å²) in [5, 5.41) is 2.46. The summed E-state index contributed by atoms with van der Waals surface area (Å²) >= 11 is 0. The molecule has 0 aliphatic carbocycles. The third-order valence-corrected chi connectivity index (χ3v) is 3.66. The molecule has 1 saturated heterocycles. The Hall–Kier alpha value is -2.09. The molecule has 0 unspecified atom stereocenters. The first-order chi connectivity index (χ1) is 11.4. The van der Waals surface area contributed by atoms with E-state index in [9.17, 15) is 22.8 Å². The minimum atomic E-state index is -4.61. The molecule has 2 rings (SSSR count). The van der Waals surface area contributed by atoms with Gasteiger partial charge in [-0.25, -0.2) is 0 Å². The zero-order valence-corrected chi connectivity index (χ0v) is 13.0. The second kappa shape index (κ2) is 8.14. The Morgan fingerprint density at radius 1 is 1.29 bits per heavy atom. The molecule has 0 radical (unpaired) electrons. The van der Waals surface area contributed by atoms with Gasteiger partial charge in [0.05, 0.1) is 0 Å². The molecule has 1 atom stereocenters. The minimum absolute atomic E-state index is 0.0294. The number of alkyl halides is 3. The van der Waals surface area contributed by atoms with Gasteiger partial charge in [0.25, 0.3) is 0 Å². The summed E-state index contributed by atoms with van der Waals surface area (Å²) in [7, 11) is 0. The maximum absolute atomic E-state index is 13.1. The van der Waals surface area contributed by atoms with Gasteiger partial charge in [0.2, 0.25) is 11.8 Å². The van der Waals surface area contributed by atoms with E-state index in [4.69, 9.17) is 4.74 Å². The fourth-order valence-electron chi connectivity index (χ4n) is 2.49. The molecule has 0 saturated carbocycles. The van der Waals surface area contributed by atoms with Crippen molar-refractivity contribution >= 4 is 11.8 Å². The Morgan fingerprint density at radius 3 is 2.58 bits per heavy atom. The number of carbonyl (C=O) groups excluding carboxylic acids is 2. The largest absolute Gasteiger partial charge is 0.418 e. The number of ether oxygens (including phenoxy) is 1. The fourth-order valence-corrected chi connectivity index (χ4v) is 2.49. The first-order valence-corrected chi connectivity index (χ1v) is 7.65. The van der Waals surface area contributed by atoms with Crippen molar-refractivity contribution in [1.82, 2.24) is 10.2 Å². The van der Waals surface area contributed by atoms with E-state index in [1.165, 1.54) is 24.3 Å². The van der Waals surface area contributed by atoms with Crippen LogP contribution in [0.25, 0.3) is 0 Å². The van der Waals surface area contributed by atoms with Gasteiger partial charge in [-0.1, -0.05) is 30.3 Å². The van der Waals surface area contributed by atoms with E-state index in [2.05, 4.69) is 5.32 Å². The lowest BCUT2D eigenvalue weighted by Gasteiger charge is -2.21. The number of hydrogen-bond donors (Lipinski definition) is 1. The van der Waals surface area contributed by atoms with Crippen LogP contribution in [0.4, 0.5) is 13.2 Å². The average molecular weight is 344 g/mol. The monoisotopic (exact) mass is 344 g/mol. The van der Waals surface area contributed by atoms with Crippen molar-refractivity contribution in [3.05, 3.63) is 35.9 Å². The van der Waals surface area contributed by atoms with Crippen LogP contribution in [0.2, 0.25) is 0 Å². The number of benzene rings is 1. The van der Waals surface area contributed by atoms with Crippen LogP contribution in [0.5, 0.6) is 0 Å². The first kappa shape index (κ1) is 18.3. The van der Waals surface area contributed by atoms with Crippen LogP contribution in [0.3, 0.4) is 0 Å². The van der Waals surface area contributed by atoms with E-state index in [1.54, 1.807) is 11.0 Å². The molecule has 5 nitrogen and oxygen atoms in total. The quantitative estimate of drug-likeness (QED) is 0.824. The van der Waals surface area contributed by atoms with Crippen molar-refractivity contribution in [2.24, 2.45) is 0 Å². The molecule has 1 heterocycles. The van der Waals surface area contributed by atoms with Gasteiger partial charge < -0.3 is 15.0 Å². The molecule has 1 aliphatic heterocycles. The molecule has 1 fully saturated rings. The van der Waals surface area contributed by atoms with Crippen molar-refractivity contribution in [3.8, 4) is 0 Å². The number of halogens is 3. The fraction of sp³-hybridized carbons (Fsp3) is 0.500. The summed E-state index contributed by atoms with van der Waals surface area (Å²) in [5.41, 5.74) is -0.0551. The third kappa shape index (κ3) is 5.23. The molecule has 1 aromatic carbocycles. The molecular weight excluding hydrogens is 325 g/mol. The zero-order valence-electron chi connectivity index (χ0n) is 13.0. The Kier molecular flexibility index (Phi) is 6.19. The highest BCUT2D eigenvalue weighted by Gasteiger charge is 2.42. The number of amides is 2. The van der Waals surface area contributed by atoms with Gasteiger partial charge in [-0.2, -0.15) is 13.2 Å². The highest BCUT2D eigenvalue weighted by molar-refractivity contribution is 5.78. The molecule has 0 aromatic heterocycles. The van der Waals surface area contributed by atoms with Gasteiger partial charge in [-0.15, -0.1) is 0 Å². The summed E-state index contributed by atoms with van der Waals surface area (Å²) in [6.07, 6.45) is -5.46. The molecule has 2 amide bonds. The summed E-state index contributed by atoms with van der Waals surface area (Å²) in [4.78, 5) is 24.7. The highest BCUT2D eigenvalue weighted by atomic mass is 19.4. The number of likely N-dealkylation sites (tertiary alicyclic amines) is 1. The van der Waals surface area contributed by atoms with Crippen molar-refractivity contribution in [2.45, 2.75) is 25.1 Å². The Morgan fingerprint density at radius 2 is 2.00 bits per heavy atom. The lowest BCUT2D eigenvalue weighted by atomic mass is 10.1. The number of nitrogens with one attached hydrogen (secondary N) is 1. The summed E-state index contributed by atoms with van der Waals surface area (Å²) in [5.74, 6) is -0.617. The second-order valence-corrected chi connectivity index (χ2v) is 5.48.